The van der Waals surface area contributed by atoms with E-state index >= 15 is 0 Å². The minimum Gasteiger partial charge on any atom is -0.322 e. The van der Waals surface area contributed by atoms with Crippen molar-refractivity contribution in [1.29, 1.82) is 0 Å². The third kappa shape index (κ3) is 4.26. The number of carbonyl (C=O) groups is 1. The van der Waals surface area contributed by atoms with Crippen LogP contribution in [0.5, 0.6) is 0 Å². The number of benzene rings is 2. The van der Waals surface area contributed by atoms with E-state index in [9.17, 15) is 13.2 Å². The van der Waals surface area contributed by atoms with Gasteiger partial charge in [-0.2, -0.15) is 0 Å². The van der Waals surface area contributed by atoms with Gasteiger partial charge in [-0.3, -0.25) is 4.79 Å². The SMILES string of the molecule is CCS(=O)(=O)c1ccc(-c2cccc(NC(=O)c3ccc(C)c(C)c3)c2)nn1. The molecule has 0 aliphatic carbocycles. The van der Waals surface area contributed by atoms with Crippen molar-refractivity contribution < 1.29 is 13.2 Å². The molecule has 0 bridgehead atoms. The van der Waals surface area contributed by atoms with Gasteiger partial charge in [0, 0.05) is 16.8 Å². The normalized spacial score (nSPS) is 11.2. The molecule has 3 aromatic rings. The summed E-state index contributed by atoms with van der Waals surface area (Å²) in [5.41, 5.74) is 4.64. The Labute approximate surface area is 164 Å². The van der Waals surface area contributed by atoms with Crippen LogP contribution in [0.15, 0.2) is 59.6 Å². The second kappa shape index (κ2) is 7.90. The van der Waals surface area contributed by atoms with Crippen LogP contribution < -0.4 is 5.32 Å². The van der Waals surface area contributed by atoms with Gasteiger partial charge in [-0.15, -0.1) is 10.2 Å². The van der Waals surface area contributed by atoms with Crippen LogP contribution in [-0.4, -0.2) is 30.3 Å². The summed E-state index contributed by atoms with van der Waals surface area (Å²) in [5.74, 6) is -0.225. The first-order valence-electron chi connectivity index (χ1n) is 8.85. The first kappa shape index (κ1) is 19.7. The predicted molar refractivity (Wildman–Crippen MR) is 109 cm³/mol. The Morgan fingerprint density at radius 1 is 0.964 bits per heavy atom. The molecule has 3 rings (SSSR count). The molecule has 6 nitrogen and oxygen atoms in total. The maximum atomic E-state index is 12.5. The summed E-state index contributed by atoms with van der Waals surface area (Å²) in [6, 6.07) is 15.8. The van der Waals surface area contributed by atoms with Crippen molar-refractivity contribution in [2.75, 3.05) is 11.1 Å². The van der Waals surface area contributed by atoms with E-state index in [1.165, 1.54) is 6.07 Å². The highest BCUT2D eigenvalue weighted by Gasteiger charge is 2.14. The zero-order valence-corrected chi connectivity index (χ0v) is 16.7. The number of nitrogens with one attached hydrogen (secondary N) is 1. The first-order valence-corrected chi connectivity index (χ1v) is 10.5. The molecule has 1 N–H and O–H groups in total. The zero-order chi connectivity index (χ0) is 20.3. The first-order chi connectivity index (χ1) is 13.3. The summed E-state index contributed by atoms with van der Waals surface area (Å²) >= 11 is 0. The van der Waals surface area contributed by atoms with Gasteiger partial charge in [-0.05, 0) is 61.4 Å². The molecule has 2 aromatic carbocycles. The lowest BCUT2D eigenvalue weighted by atomic mass is 10.1. The number of rotatable bonds is 5. The molecule has 144 valence electrons. The smallest absolute Gasteiger partial charge is 0.255 e. The number of hydrogen-bond acceptors (Lipinski definition) is 5. The fourth-order valence-electron chi connectivity index (χ4n) is 2.63. The minimum absolute atomic E-state index is 0.0268. The van der Waals surface area contributed by atoms with E-state index in [0.29, 0.717) is 16.9 Å². The molecule has 0 saturated carbocycles. The van der Waals surface area contributed by atoms with Gasteiger partial charge >= 0.3 is 0 Å². The highest BCUT2D eigenvalue weighted by Crippen LogP contribution is 2.22. The summed E-state index contributed by atoms with van der Waals surface area (Å²) in [4.78, 5) is 12.5. The molecule has 0 aliphatic heterocycles. The van der Waals surface area contributed by atoms with E-state index in [1.54, 1.807) is 37.3 Å². The molecule has 0 aliphatic rings. The van der Waals surface area contributed by atoms with Crippen LogP contribution in [0.3, 0.4) is 0 Å². The monoisotopic (exact) mass is 395 g/mol. The van der Waals surface area contributed by atoms with E-state index in [2.05, 4.69) is 15.5 Å². The summed E-state index contributed by atoms with van der Waals surface area (Å²) in [5, 5.41) is 10.7. The van der Waals surface area contributed by atoms with Crippen molar-refractivity contribution in [2.45, 2.75) is 25.8 Å². The van der Waals surface area contributed by atoms with Gasteiger partial charge in [0.15, 0.2) is 14.9 Å². The number of aromatic nitrogens is 2. The Hall–Kier alpha value is -3.06. The van der Waals surface area contributed by atoms with Crippen LogP contribution in [-0.2, 0) is 9.84 Å². The third-order valence-electron chi connectivity index (χ3n) is 4.52. The topological polar surface area (TPSA) is 89.0 Å². The predicted octanol–water partition coefficient (Wildman–Crippen LogP) is 3.81. The number of carbonyl (C=O) groups excluding carboxylic acids is 1. The Bertz CT molecular complexity index is 1120. The van der Waals surface area contributed by atoms with E-state index in [-0.39, 0.29) is 16.7 Å². The molecule has 0 saturated heterocycles. The standard InChI is InChI=1S/C21H21N3O3S/c1-4-28(26,27)20-11-10-19(23-24-20)16-6-5-7-18(13-16)22-21(25)17-9-8-14(2)15(3)12-17/h5-13H,4H2,1-3H3,(H,22,25). The number of nitrogens with zero attached hydrogens (tertiary/aromatic N) is 2. The van der Waals surface area contributed by atoms with Gasteiger partial charge in [0.25, 0.3) is 5.91 Å². The summed E-state index contributed by atoms with van der Waals surface area (Å²) in [7, 11) is -3.39. The quantitative estimate of drug-likeness (QED) is 0.710. The van der Waals surface area contributed by atoms with Crippen molar-refractivity contribution >= 4 is 21.4 Å². The van der Waals surface area contributed by atoms with Gasteiger partial charge in [-0.1, -0.05) is 25.1 Å². The molecule has 1 heterocycles. The van der Waals surface area contributed by atoms with Crippen LogP contribution in [0, 0.1) is 13.8 Å². The Kier molecular flexibility index (Phi) is 5.56. The average molecular weight is 395 g/mol. The minimum atomic E-state index is -3.39. The van der Waals surface area contributed by atoms with E-state index in [1.807, 2.05) is 32.0 Å². The van der Waals surface area contributed by atoms with Crippen molar-refractivity contribution in [2.24, 2.45) is 0 Å². The highest BCUT2D eigenvalue weighted by molar-refractivity contribution is 7.91. The maximum absolute atomic E-state index is 12.5. The Morgan fingerprint density at radius 2 is 1.75 bits per heavy atom. The molecule has 0 fully saturated rings. The van der Waals surface area contributed by atoms with Crippen molar-refractivity contribution in [3.05, 3.63) is 71.3 Å². The fourth-order valence-corrected chi connectivity index (χ4v) is 3.37. The van der Waals surface area contributed by atoms with Crippen LogP contribution in [0.25, 0.3) is 11.3 Å². The lowest BCUT2D eigenvalue weighted by molar-refractivity contribution is 0.102. The van der Waals surface area contributed by atoms with E-state index < -0.39 is 9.84 Å². The molecule has 1 aromatic heterocycles. The van der Waals surface area contributed by atoms with Gasteiger partial charge in [0.05, 0.1) is 11.4 Å². The van der Waals surface area contributed by atoms with Crippen molar-refractivity contribution in [1.82, 2.24) is 10.2 Å². The fraction of sp³-hybridized carbons (Fsp3) is 0.190. The number of aryl methyl sites for hydroxylation is 2. The molecule has 0 radical (unpaired) electrons. The molecular weight excluding hydrogens is 374 g/mol. The third-order valence-corrected chi connectivity index (χ3v) is 6.14. The van der Waals surface area contributed by atoms with Gasteiger partial charge in [-0.25, -0.2) is 8.42 Å². The van der Waals surface area contributed by atoms with Crippen molar-refractivity contribution in [3.63, 3.8) is 0 Å². The zero-order valence-electron chi connectivity index (χ0n) is 15.9. The van der Waals surface area contributed by atoms with Crippen molar-refractivity contribution in [3.8, 4) is 11.3 Å². The molecule has 28 heavy (non-hydrogen) atoms. The van der Waals surface area contributed by atoms with Crippen LogP contribution in [0.1, 0.15) is 28.4 Å². The number of anilines is 1. The number of hydrogen-bond donors (Lipinski definition) is 1. The average Bonchev–Trinajstić information content (AvgIpc) is 2.70. The second-order valence-corrected chi connectivity index (χ2v) is 8.72. The molecule has 1 amide bonds. The second-order valence-electron chi connectivity index (χ2n) is 6.49. The van der Waals surface area contributed by atoms with Gasteiger partial charge < -0.3 is 5.32 Å². The Balaban J connectivity index is 1.82. The lowest BCUT2D eigenvalue weighted by Crippen LogP contribution is -2.12. The molecule has 7 heteroatoms. The van der Waals surface area contributed by atoms with Crippen LogP contribution >= 0.6 is 0 Å². The molecule has 0 atom stereocenters. The van der Waals surface area contributed by atoms with E-state index in [4.69, 9.17) is 0 Å². The number of amides is 1. The summed E-state index contributed by atoms with van der Waals surface area (Å²) < 4.78 is 23.7. The largest absolute Gasteiger partial charge is 0.322 e. The summed E-state index contributed by atoms with van der Waals surface area (Å²) in [6.07, 6.45) is 0. The van der Waals surface area contributed by atoms with Crippen LogP contribution in [0.2, 0.25) is 0 Å². The van der Waals surface area contributed by atoms with E-state index in [0.717, 1.165) is 16.7 Å². The van der Waals surface area contributed by atoms with Crippen LogP contribution in [0.4, 0.5) is 5.69 Å². The highest BCUT2D eigenvalue weighted by atomic mass is 32.2. The molecule has 0 spiro atoms. The Morgan fingerprint density at radius 3 is 2.39 bits per heavy atom. The maximum Gasteiger partial charge on any atom is 0.255 e. The molecular formula is C21H21N3O3S. The molecule has 0 unspecified atom stereocenters. The van der Waals surface area contributed by atoms with Gasteiger partial charge in [0.1, 0.15) is 0 Å². The summed E-state index contributed by atoms with van der Waals surface area (Å²) in [6.45, 7) is 5.53. The van der Waals surface area contributed by atoms with Gasteiger partial charge in [0.2, 0.25) is 0 Å². The lowest BCUT2D eigenvalue weighted by Gasteiger charge is -2.09. The number of sulfone groups is 1.